The van der Waals surface area contributed by atoms with Crippen LogP contribution in [0.15, 0.2) is 131 Å². The summed E-state index contributed by atoms with van der Waals surface area (Å²) >= 11 is 0. The van der Waals surface area contributed by atoms with Crippen molar-refractivity contribution in [3.05, 3.63) is 159 Å². The summed E-state index contributed by atoms with van der Waals surface area (Å²) in [5, 5.41) is 13.6. The molecule has 1 aromatic heterocycles. The Morgan fingerprint density at radius 2 is 1.46 bits per heavy atom. The molecule has 5 unspecified atom stereocenters. The van der Waals surface area contributed by atoms with Crippen LogP contribution in [0.25, 0.3) is 0 Å². The minimum atomic E-state index is -1.85. The fourth-order valence-electron chi connectivity index (χ4n) is 6.89. The van der Waals surface area contributed by atoms with E-state index in [2.05, 4.69) is 4.98 Å². The summed E-state index contributed by atoms with van der Waals surface area (Å²) in [6.07, 6.45) is -2.90. The van der Waals surface area contributed by atoms with Crippen LogP contribution in [-0.4, -0.2) is 70.8 Å². The van der Waals surface area contributed by atoms with Crippen molar-refractivity contribution in [3.8, 4) is 17.2 Å². The molecule has 3 heterocycles. The van der Waals surface area contributed by atoms with Gasteiger partial charge in [0.1, 0.15) is 23.4 Å². The van der Waals surface area contributed by atoms with Crippen molar-refractivity contribution < 1.29 is 38.4 Å². The number of carbonyl (C=O) groups excluding carboxylic acids is 1. The number of hydroxylamine groups is 2. The summed E-state index contributed by atoms with van der Waals surface area (Å²) in [6.45, 7) is -0.748. The second-order valence-electron chi connectivity index (χ2n) is 12.4. The number of hydrogen-bond acceptors (Lipinski definition) is 10. The molecule has 4 aromatic carbocycles. The van der Waals surface area contributed by atoms with Gasteiger partial charge in [0.15, 0.2) is 30.1 Å². The Kier molecular flexibility index (Phi) is 9.67. The highest BCUT2D eigenvalue weighted by atomic mass is 16.7. The molecule has 1 amide bonds. The Balaban J connectivity index is 1.41. The van der Waals surface area contributed by atoms with Gasteiger partial charge in [-0.15, -0.1) is 0 Å². The van der Waals surface area contributed by atoms with E-state index in [4.69, 9.17) is 28.5 Å². The van der Waals surface area contributed by atoms with E-state index in [1.54, 1.807) is 62.8 Å². The Bertz CT molecular complexity index is 2110. The SMILES string of the molecule is COc1ccc(COC(c2ccccc2)(c2ccc(OC)cc2)C23CN(C(=O)COc4ccccc4)OC(C(n4ccc(=O)[nH]c4=O)O2)C3O)cc1. The highest BCUT2D eigenvalue weighted by molar-refractivity contribution is 5.77. The predicted octanol–water partition coefficient (Wildman–Crippen LogP) is 3.56. The molecule has 5 aromatic rings. The van der Waals surface area contributed by atoms with Gasteiger partial charge in [-0.05, 0) is 53.1 Å². The lowest BCUT2D eigenvalue weighted by Crippen LogP contribution is -2.69. The average Bonchev–Trinajstić information content (AvgIpc) is 3.32. The molecule has 0 saturated carbocycles. The zero-order chi connectivity index (χ0) is 36.3. The standard InChI is InChI=1S/C39H37N3O10/c1-47-29-17-13-26(14-18-29)23-50-39(27-9-5-3-6-10-27,28-15-19-30(48-2)20-16-28)38-25-42(33(44)24-49-31-11-7-4-8-12-31)52-34(35(38)45)36(51-38)41-22-21-32(43)40-37(41)46/h3-22,34-36,45H,23-25H2,1-2H3,(H,40,43,46). The zero-order valence-corrected chi connectivity index (χ0v) is 28.4. The molecule has 13 nitrogen and oxygen atoms in total. The maximum absolute atomic E-state index is 14.0. The molecule has 2 bridgehead atoms. The number of carbonyl (C=O) groups is 1. The van der Waals surface area contributed by atoms with Crippen molar-refractivity contribution in [3.63, 3.8) is 0 Å². The van der Waals surface area contributed by atoms with Crippen molar-refractivity contribution >= 4 is 5.91 Å². The number of aliphatic hydroxyl groups excluding tert-OH is 1. The lowest BCUT2D eigenvalue weighted by molar-refractivity contribution is -0.289. The number of aromatic nitrogens is 2. The summed E-state index contributed by atoms with van der Waals surface area (Å²) in [5.41, 5.74) is -3.03. The van der Waals surface area contributed by atoms with Crippen molar-refractivity contribution in [2.24, 2.45) is 0 Å². The number of aromatic amines is 1. The second kappa shape index (κ2) is 14.5. The van der Waals surface area contributed by atoms with Crippen LogP contribution in [0, 0.1) is 0 Å². The van der Waals surface area contributed by atoms with Crippen LogP contribution in [0.2, 0.25) is 0 Å². The van der Waals surface area contributed by atoms with E-state index in [1.807, 2.05) is 60.7 Å². The minimum absolute atomic E-state index is 0.0165. The minimum Gasteiger partial charge on any atom is -0.497 e. The molecular formula is C39H37N3O10. The van der Waals surface area contributed by atoms with E-state index in [0.29, 0.717) is 28.4 Å². The molecule has 2 aliphatic rings. The van der Waals surface area contributed by atoms with Gasteiger partial charge in [-0.3, -0.25) is 24.0 Å². The molecule has 2 saturated heterocycles. The predicted molar refractivity (Wildman–Crippen MR) is 187 cm³/mol. The molecule has 52 heavy (non-hydrogen) atoms. The van der Waals surface area contributed by atoms with Crippen molar-refractivity contribution in [1.82, 2.24) is 14.6 Å². The number of benzene rings is 4. The first-order chi connectivity index (χ1) is 25.3. The number of nitrogens with zero attached hydrogens (tertiary/aromatic N) is 2. The largest absolute Gasteiger partial charge is 0.497 e. The highest BCUT2D eigenvalue weighted by Crippen LogP contribution is 2.56. The quantitative estimate of drug-likeness (QED) is 0.197. The van der Waals surface area contributed by atoms with Gasteiger partial charge in [-0.2, -0.15) is 0 Å². The van der Waals surface area contributed by atoms with Crippen LogP contribution in [0.4, 0.5) is 0 Å². The van der Waals surface area contributed by atoms with E-state index < -0.39 is 53.4 Å². The number of methoxy groups -OCH3 is 2. The van der Waals surface area contributed by atoms with Crippen LogP contribution < -0.4 is 25.5 Å². The lowest BCUT2D eigenvalue weighted by atomic mass is 9.69. The van der Waals surface area contributed by atoms with Gasteiger partial charge in [-0.25, -0.2) is 9.86 Å². The van der Waals surface area contributed by atoms with Gasteiger partial charge < -0.3 is 28.8 Å². The van der Waals surface area contributed by atoms with E-state index in [-0.39, 0.29) is 13.2 Å². The number of para-hydroxylation sites is 1. The molecule has 13 heteroatoms. The fourth-order valence-corrected chi connectivity index (χ4v) is 6.89. The number of nitrogens with one attached hydrogen (secondary N) is 1. The van der Waals surface area contributed by atoms with E-state index >= 15 is 0 Å². The van der Waals surface area contributed by atoms with Crippen LogP contribution >= 0.6 is 0 Å². The number of amides is 1. The number of H-pyrrole nitrogens is 1. The van der Waals surface area contributed by atoms with Crippen molar-refractivity contribution in [2.45, 2.75) is 36.2 Å². The summed E-state index contributed by atoms with van der Waals surface area (Å²) in [7, 11) is 3.13. The first-order valence-electron chi connectivity index (χ1n) is 16.6. The molecule has 0 radical (unpaired) electrons. The van der Waals surface area contributed by atoms with Crippen LogP contribution in [0.1, 0.15) is 22.9 Å². The number of aliphatic hydroxyl groups is 1. The van der Waals surface area contributed by atoms with Crippen molar-refractivity contribution in [1.29, 1.82) is 0 Å². The third-order valence-electron chi connectivity index (χ3n) is 9.42. The highest BCUT2D eigenvalue weighted by Gasteiger charge is 2.72. The van der Waals surface area contributed by atoms with Crippen LogP contribution in [0.3, 0.4) is 0 Å². The average molecular weight is 708 g/mol. The summed E-state index contributed by atoms with van der Waals surface area (Å²) in [6, 6.07) is 33.7. The van der Waals surface area contributed by atoms with E-state index in [0.717, 1.165) is 21.3 Å². The summed E-state index contributed by atoms with van der Waals surface area (Å²) in [4.78, 5) is 47.8. The topological polar surface area (TPSA) is 151 Å². The smallest absolute Gasteiger partial charge is 0.330 e. The zero-order valence-electron chi connectivity index (χ0n) is 28.4. The summed E-state index contributed by atoms with van der Waals surface area (Å²) < 4.78 is 31.8. The molecule has 0 aliphatic carbocycles. The fraction of sp³-hybridized carbons (Fsp3) is 0.256. The number of hydrogen-bond donors (Lipinski definition) is 2. The van der Waals surface area contributed by atoms with Gasteiger partial charge in [0.05, 0.1) is 27.4 Å². The van der Waals surface area contributed by atoms with Crippen LogP contribution in [0.5, 0.6) is 17.2 Å². The normalized spacial score (nSPS) is 22.0. The molecule has 5 atom stereocenters. The molecule has 2 N–H and O–H groups in total. The molecule has 0 spiro atoms. The molecule has 7 rings (SSSR count). The lowest BCUT2D eigenvalue weighted by Gasteiger charge is -2.52. The van der Waals surface area contributed by atoms with Gasteiger partial charge in [0, 0.05) is 12.3 Å². The third-order valence-corrected chi connectivity index (χ3v) is 9.42. The van der Waals surface area contributed by atoms with Gasteiger partial charge in [-0.1, -0.05) is 72.8 Å². The number of rotatable bonds is 12. The Morgan fingerprint density at radius 3 is 2.10 bits per heavy atom. The maximum Gasteiger partial charge on any atom is 0.330 e. The monoisotopic (exact) mass is 707 g/mol. The molecule has 2 aliphatic heterocycles. The van der Waals surface area contributed by atoms with Gasteiger partial charge >= 0.3 is 5.69 Å². The summed E-state index contributed by atoms with van der Waals surface area (Å²) in [5.74, 6) is 1.13. The second-order valence-corrected chi connectivity index (χ2v) is 12.4. The third kappa shape index (κ3) is 6.24. The van der Waals surface area contributed by atoms with E-state index in [9.17, 15) is 19.5 Å². The first-order valence-corrected chi connectivity index (χ1v) is 16.6. The maximum atomic E-state index is 14.0. The van der Waals surface area contributed by atoms with Gasteiger partial charge in [0.2, 0.25) is 0 Å². The molecule has 2 fully saturated rings. The Morgan fingerprint density at radius 1 is 0.846 bits per heavy atom. The molecule has 268 valence electrons. The number of ether oxygens (including phenoxy) is 5. The molecular weight excluding hydrogens is 670 g/mol. The van der Waals surface area contributed by atoms with E-state index in [1.165, 1.54) is 6.20 Å². The number of fused-ring (bicyclic) bond motifs is 2. The van der Waals surface area contributed by atoms with Gasteiger partial charge in [0.25, 0.3) is 11.5 Å². The van der Waals surface area contributed by atoms with Crippen molar-refractivity contribution in [2.75, 3.05) is 27.4 Å². The van der Waals surface area contributed by atoms with Crippen LogP contribution in [-0.2, 0) is 31.3 Å². The first kappa shape index (κ1) is 34.7. The Labute approximate surface area is 298 Å². The Hall–Kier alpha value is -5.73.